The molecule has 0 atom stereocenters. The molecule has 4 heteroatoms. The van der Waals surface area contributed by atoms with Gasteiger partial charge in [-0.3, -0.25) is 4.79 Å². The number of ketones is 1. The van der Waals surface area contributed by atoms with Crippen LogP contribution in [0.4, 0.5) is 0 Å². The van der Waals surface area contributed by atoms with Crippen LogP contribution in [0.15, 0.2) is 11.4 Å². The minimum absolute atomic E-state index is 0.0338. The monoisotopic (exact) mass is 218 g/mol. The van der Waals surface area contributed by atoms with Gasteiger partial charge in [-0.15, -0.1) is 11.3 Å². The van der Waals surface area contributed by atoms with Crippen LogP contribution in [0.25, 0.3) is 0 Å². The molecule has 1 aromatic rings. The summed E-state index contributed by atoms with van der Waals surface area (Å²) in [6.07, 6.45) is 0.922. The highest BCUT2D eigenvalue weighted by molar-refractivity contribution is 7.12. The summed E-state index contributed by atoms with van der Waals surface area (Å²) < 4.78 is 5.12. The molecule has 1 heterocycles. The van der Waals surface area contributed by atoms with Crippen molar-refractivity contribution in [3.63, 3.8) is 0 Å². The zero-order valence-electron chi connectivity index (χ0n) is 7.38. The molecule has 0 aromatic carbocycles. The van der Waals surface area contributed by atoms with Gasteiger partial charge >= 0.3 is 0 Å². The average Bonchev–Trinajstić information content (AvgIpc) is 2.52. The predicted octanol–water partition coefficient (Wildman–Crippen LogP) is 3.01. The molecule has 0 bridgehead atoms. The Morgan fingerprint density at radius 3 is 3.00 bits per heavy atom. The SMILES string of the molecule is CCCOCC(=O)c1sccc1Cl. The molecule has 0 N–H and O–H groups in total. The topological polar surface area (TPSA) is 26.3 Å². The summed E-state index contributed by atoms with van der Waals surface area (Å²) in [6.45, 7) is 2.76. The summed E-state index contributed by atoms with van der Waals surface area (Å²) in [5.41, 5.74) is 0. The van der Waals surface area contributed by atoms with Crippen molar-refractivity contribution >= 4 is 28.7 Å². The minimum atomic E-state index is -0.0338. The van der Waals surface area contributed by atoms with Crippen LogP contribution < -0.4 is 0 Å². The standard InChI is InChI=1S/C9H11ClO2S/c1-2-4-12-6-8(11)9-7(10)3-5-13-9/h3,5H,2,4,6H2,1H3. The zero-order valence-corrected chi connectivity index (χ0v) is 8.95. The van der Waals surface area contributed by atoms with Crippen LogP contribution in [0.5, 0.6) is 0 Å². The normalized spacial score (nSPS) is 10.3. The lowest BCUT2D eigenvalue weighted by atomic mass is 10.3. The number of rotatable bonds is 5. The van der Waals surface area contributed by atoms with Crippen molar-refractivity contribution < 1.29 is 9.53 Å². The second-order valence-electron chi connectivity index (χ2n) is 2.57. The zero-order chi connectivity index (χ0) is 9.68. The Bertz CT molecular complexity index is 283. The van der Waals surface area contributed by atoms with Crippen LogP contribution in [0.1, 0.15) is 23.0 Å². The van der Waals surface area contributed by atoms with Crippen molar-refractivity contribution in [3.05, 3.63) is 21.3 Å². The van der Waals surface area contributed by atoms with Gasteiger partial charge in [0.15, 0.2) is 5.78 Å². The number of carbonyl (C=O) groups excluding carboxylic acids is 1. The summed E-state index contributed by atoms with van der Waals surface area (Å²) in [4.78, 5) is 12.0. The van der Waals surface area contributed by atoms with Gasteiger partial charge < -0.3 is 4.74 Å². The van der Waals surface area contributed by atoms with Crippen LogP contribution in [0.3, 0.4) is 0 Å². The van der Waals surface area contributed by atoms with E-state index in [4.69, 9.17) is 16.3 Å². The number of thiophene rings is 1. The first-order valence-electron chi connectivity index (χ1n) is 4.09. The molecule has 0 saturated heterocycles. The van der Waals surface area contributed by atoms with Gasteiger partial charge in [-0.2, -0.15) is 0 Å². The van der Waals surface area contributed by atoms with E-state index in [0.29, 0.717) is 16.5 Å². The quantitative estimate of drug-likeness (QED) is 0.561. The number of ether oxygens (including phenoxy) is 1. The molecule has 2 nitrogen and oxygen atoms in total. The number of halogens is 1. The number of carbonyl (C=O) groups is 1. The Morgan fingerprint density at radius 2 is 2.46 bits per heavy atom. The highest BCUT2D eigenvalue weighted by Crippen LogP contribution is 2.22. The maximum Gasteiger partial charge on any atom is 0.199 e. The molecule has 0 fully saturated rings. The van der Waals surface area contributed by atoms with Gasteiger partial charge in [-0.1, -0.05) is 18.5 Å². The molecular weight excluding hydrogens is 208 g/mol. The van der Waals surface area contributed by atoms with Gasteiger partial charge in [0.2, 0.25) is 0 Å². The summed E-state index contributed by atoms with van der Waals surface area (Å²) in [5.74, 6) is -0.0338. The van der Waals surface area contributed by atoms with Gasteiger partial charge in [-0.25, -0.2) is 0 Å². The first-order valence-corrected chi connectivity index (χ1v) is 5.35. The fourth-order valence-electron chi connectivity index (χ4n) is 0.867. The van der Waals surface area contributed by atoms with Crippen LogP contribution in [0, 0.1) is 0 Å². The molecule has 0 amide bonds. The van der Waals surface area contributed by atoms with Gasteiger partial charge in [0.1, 0.15) is 6.61 Å². The summed E-state index contributed by atoms with van der Waals surface area (Å²) in [7, 11) is 0. The van der Waals surface area contributed by atoms with E-state index in [1.54, 1.807) is 11.4 Å². The molecule has 1 aromatic heterocycles. The lowest BCUT2D eigenvalue weighted by Crippen LogP contribution is -2.08. The van der Waals surface area contributed by atoms with Gasteiger partial charge in [-0.05, 0) is 17.9 Å². The second-order valence-corrected chi connectivity index (χ2v) is 3.90. The smallest absolute Gasteiger partial charge is 0.199 e. The van der Waals surface area contributed by atoms with E-state index in [2.05, 4.69) is 0 Å². The Labute approximate surface area is 86.5 Å². The maximum atomic E-state index is 11.4. The van der Waals surface area contributed by atoms with Crippen molar-refractivity contribution in [1.29, 1.82) is 0 Å². The molecule has 0 spiro atoms. The molecule has 1 rings (SSSR count). The van der Waals surface area contributed by atoms with Gasteiger partial charge in [0.05, 0.1) is 9.90 Å². The first kappa shape index (κ1) is 10.7. The van der Waals surface area contributed by atoms with Gasteiger partial charge in [0.25, 0.3) is 0 Å². The summed E-state index contributed by atoms with van der Waals surface area (Å²) in [5, 5.41) is 2.32. The van der Waals surface area contributed by atoms with E-state index in [1.165, 1.54) is 11.3 Å². The fourth-order valence-corrected chi connectivity index (χ4v) is 1.96. The van der Waals surface area contributed by atoms with E-state index >= 15 is 0 Å². The molecule has 13 heavy (non-hydrogen) atoms. The number of hydrogen-bond acceptors (Lipinski definition) is 3. The highest BCUT2D eigenvalue weighted by Gasteiger charge is 2.11. The lowest BCUT2D eigenvalue weighted by molar-refractivity contribution is 0.0765. The minimum Gasteiger partial charge on any atom is -0.373 e. The Morgan fingerprint density at radius 1 is 1.69 bits per heavy atom. The number of Topliss-reactive ketones (excluding diaryl/α,β-unsaturated/α-hetero) is 1. The maximum absolute atomic E-state index is 11.4. The third-order valence-corrected chi connectivity index (χ3v) is 2.83. The lowest BCUT2D eigenvalue weighted by Gasteiger charge is -1.99. The summed E-state index contributed by atoms with van der Waals surface area (Å²) >= 11 is 7.14. The fraction of sp³-hybridized carbons (Fsp3) is 0.444. The molecular formula is C9H11ClO2S. The van der Waals surface area contributed by atoms with E-state index in [1.807, 2.05) is 6.92 Å². The first-order chi connectivity index (χ1) is 6.25. The number of hydrogen-bond donors (Lipinski definition) is 0. The third-order valence-electron chi connectivity index (χ3n) is 1.45. The molecule has 72 valence electrons. The van der Waals surface area contributed by atoms with Crippen LogP contribution in [-0.2, 0) is 4.74 Å². The third kappa shape index (κ3) is 3.10. The molecule has 0 unspecified atom stereocenters. The van der Waals surface area contributed by atoms with Crippen LogP contribution >= 0.6 is 22.9 Å². The average molecular weight is 219 g/mol. The van der Waals surface area contributed by atoms with Crippen LogP contribution in [-0.4, -0.2) is 19.0 Å². The largest absolute Gasteiger partial charge is 0.373 e. The molecule has 0 saturated carbocycles. The van der Waals surface area contributed by atoms with Crippen molar-refractivity contribution in [1.82, 2.24) is 0 Å². The van der Waals surface area contributed by atoms with Crippen LogP contribution in [0.2, 0.25) is 5.02 Å². The Hall–Kier alpha value is -0.380. The summed E-state index contributed by atoms with van der Waals surface area (Å²) in [6, 6.07) is 1.72. The van der Waals surface area contributed by atoms with E-state index < -0.39 is 0 Å². The van der Waals surface area contributed by atoms with Crippen molar-refractivity contribution in [2.45, 2.75) is 13.3 Å². The van der Waals surface area contributed by atoms with Gasteiger partial charge in [0, 0.05) is 6.61 Å². The van der Waals surface area contributed by atoms with E-state index in [-0.39, 0.29) is 12.4 Å². The van der Waals surface area contributed by atoms with Crippen molar-refractivity contribution in [3.8, 4) is 0 Å². The second kappa shape index (κ2) is 5.37. The molecule has 0 radical (unpaired) electrons. The predicted molar refractivity (Wildman–Crippen MR) is 54.8 cm³/mol. The molecule has 0 aliphatic carbocycles. The van der Waals surface area contributed by atoms with Crippen molar-refractivity contribution in [2.75, 3.05) is 13.2 Å². The molecule has 0 aliphatic rings. The Balaban J connectivity index is 2.45. The van der Waals surface area contributed by atoms with Crippen molar-refractivity contribution in [2.24, 2.45) is 0 Å². The molecule has 0 aliphatic heterocycles. The highest BCUT2D eigenvalue weighted by atomic mass is 35.5. The van der Waals surface area contributed by atoms with E-state index in [0.717, 1.165) is 6.42 Å². The van der Waals surface area contributed by atoms with E-state index in [9.17, 15) is 4.79 Å². The Kier molecular flexibility index (Phi) is 4.42.